The summed E-state index contributed by atoms with van der Waals surface area (Å²) in [5.74, 6) is 0. The molecule has 1 fully saturated rings. The number of ether oxygens (including phenoxy) is 1. The second-order valence-corrected chi connectivity index (χ2v) is 19.3. The molecule has 0 aromatic carbocycles. The SMILES string of the molecule is [2H]C1(O)C[C@H](O[Si](C)(C)C(C)(C)C)[C@@H](CO[Si](C)(C)C(C)(C)C)O1. The Morgan fingerprint density at radius 3 is 1.96 bits per heavy atom. The van der Waals surface area contributed by atoms with Gasteiger partial charge in [0.2, 0.25) is 0 Å². The van der Waals surface area contributed by atoms with Crippen molar-refractivity contribution in [1.29, 1.82) is 0 Å². The highest BCUT2D eigenvalue weighted by atomic mass is 28.4. The Balaban J connectivity index is 2.84. The summed E-state index contributed by atoms with van der Waals surface area (Å²) in [5.41, 5.74) is 0. The maximum absolute atomic E-state index is 10.1. The van der Waals surface area contributed by atoms with Crippen LogP contribution >= 0.6 is 0 Å². The Labute approximate surface area is 146 Å². The van der Waals surface area contributed by atoms with Gasteiger partial charge in [0.15, 0.2) is 22.9 Å². The van der Waals surface area contributed by atoms with Crippen molar-refractivity contribution in [2.24, 2.45) is 0 Å². The molecule has 4 nitrogen and oxygen atoms in total. The predicted octanol–water partition coefficient (Wildman–Crippen LogP) is 4.51. The molecule has 1 unspecified atom stereocenters. The number of aliphatic hydroxyl groups is 1. The molecule has 0 aromatic heterocycles. The third-order valence-electron chi connectivity index (χ3n) is 5.74. The molecule has 6 heteroatoms. The maximum Gasteiger partial charge on any atom is 0.192 e. The van der Waals surface area contributed by atoms with Gasteiger partial charge in [0, 0.05) is 6.42 Å². The molecule has 0 spiro atoms. The summed E-state index contributed by atoms with van der Waals surface area (Å²) >= 11 is 0. The minimum atomic E-state index is -2.00. The quantitative estimate of drug-likeness (QED) is 0.730. The lowest BCUT2D eigenvalue weighted by Gasteiger charge is -2.40. The molecule has 0 saturated carbocycles. The van der Waals surface area contributed by atoms with E-state index in [0.29, 0.717) is 6.61 Å². The first-order chi connectivity index (χ1) is 10.4. The smallest absolute Gasteiger partial charge is 0.192 e. The predicted molar refractivity (Wildman–Crippen MR) is 101 cm³/mol. The van der Waals surface area contributed by atoms with Crippen molar-refractivity contribution in [3.63, 3.8) is 0 Å². The molecule has 1 saturated heterocycles. The van der Waals surface area contributed by atoms with Crippen LogP contribution in [0, 0.1) is 0 Å². The van der Waals surface area contributed by atoms with Crippen LogP contribution in [0.3, 0.4) is 0 Å². The molecule has 0 amide bonds. The molecule has 0 bridgehead atoms. The first kappa shape index (κ1) is 19.6. The second kappa shape index (κ2) is 6.88. The van der Waals surface area contributed by atoms with Crippen molar-refractivity contribution in [2.75, 3.05) is 6.61 Å². The van der Waals surface area contributed by atoms with Crippen LogP contribution < -0.4 is 0 Å². The Kier molecular flexibility index (Phi) is 5.86. The van der Waals surface area contributed by atoms with E-state index in [1.54, 1.807) is 0 Å². The topological polar surface area (TPSA) is 47.9 Å². The van der Waals surface area contributed by atoms with Crippen LogP contribution in [-0.2, 0) is 13.6 Å². The van der Waals surface area contributed by atoms with E-state index in [9.17, 15) is 5.11 Å². The molecule has 23 heavy (non-hydrogen) atoms. The van der Waals surface area contributed by atoms with E-state index in [1.807, 2.05) is 0 Å². The third-order valence-corrected chi connectivity index (χ3v) is 14.7. The monoisotopic (exact) mass is 363 g/mol. The van der Waals surface area contributed by atoms with Gasteiger partial charge in [0.05, 0.1) is 14.1 Å². The van der Waals surface area contributed by atoms with Crippen LogP contribution in [0.4, 0.5) is 0 Å². The molecule has 1 heterocycles. The fourth-order valence-electron chi connectivity index (χ4n) is 1.92. The molecule has 1 N–H and O–H groups in total. The Bertz CT molecular complexity index is 439. The summed E-state index contributed by atoms with van der Waals surface area (Å²) in [6, 6.07) is 0. The van der Waals surface area contributed by atoms with Crippen molar-refractivity contribution >= 4 is 16.6 Å². The van der Waals surface area contributed by atoms with Gasteiger partial charge in [-0.1, -0.05) is 41.5 Å². The Hall–Kier alpha value is 0.274. The number of hydrogen-bond acceptors (Lipinski definition) is 4. The van der Waals surface area contributed by atoms with Crippen LogP contribution in [-0.4, -0.2) is 46.8 Å². The zero-order valence-electron chi connectivity index (χ0n) is 17.7. The Morgan fingerprint density at radius 1 is 1.04 bits per heavy atom. The fraction of sp³-hybridized carbons (Fsp3) is 1.00. The number of rotatable bonds is 5. The van der Waals surface area contributed by atoms with Gasteiger partial charge in [-0.3, -0.25) is 0 Å². The molecule has 1 aliphatic rings. The first-order valence-corrected chi connectivity index (χ1v) is 14.4. The first-order valence-electron chi connectivity index (χ1n) is 9.10. The third kappa shape index (κ3) is 5.37. The molecule has 3 atom stereocenters. The summed E-state index contributed by atoms with van der Waals surface area (Å²) in [5, 5.41) is 10.2. The minimum absolute atomic E-state index is 0.0700. The van der Waals surface area contributed by atoms with E-state index < -0.39 is 29.0 Å². The molecular formula is C17H38O4Si2. The summed E-state index contributed by atoms with van der Waals surface area (Å²) < 4.78 is 26.1. The average molecular weight is 364 g/mol. The maximum atomic E-state index is 10.1. The van der Waals surface area contributed by atoms with Gasteiger partial charge in [-0.2, -0.15) is 0 Å². The van der Waals surface area contributed by atoms with E-state index in [4.69, 9.17) is 15.0 Å². The molecule has 0 radical (unpaired) electrons. The van der Waals surface area contributed by atoms with Crippen LogP contribution in [0.1, 0.15) is 49.3 Å². The van der Waals surface area contributed by atoms with E-state index in [0.717, 1.165) is 0 Å². The summed E-state index contributed by atoms with van der Waals surface area (Å²) in [6.45, 7) is 22.3. The van der Waals surface area contributed by atoms with Gasteiger partial charge in [-0.05, 0) is 36.3 Å². The van der Waals surface area contributed by atoms with Crippen molar-refractivity contribution in [3.05, 3.63) is 0 Å². The summed E-state index contributed by atoms with van der Waals surface area (Å²) in [7, 11) is -3.92. The van der Waals surface area contributed by atoms with Crippen LogP contribution in [0.25, 0.3) is 0 Å². The lowest BCUT2D eigenvalue weighted by Crippen LogP contribution is -2.48. The van der Waals surface area contributed by atoms with Gasteiger partial charge in [-0.15, -0.1) is 0 Å². The zero-order chi connectivity index (χ0) is 19.2. The average Bonchev–Trinajstić information content (AvgIpc) is 2.57. The molecule has 138 valence electrons. The molecule has 1 rings (SSSR count). The van der Waals surface area contributed by atoms with E-state index in [2.05, 4.69) is 67.7 Å². The summed E-state index contributed by atoms with van der Waals surface area (Å²) in [6.07, 6.45) is -2.39. The lowest BCUT2D eigenvalue weighted by atomic mass is 10.2. The van der Waals surface area contributed by atoms with Gasteiger partial charge in [0.25, 0.3) is 0 Å². The van der Waals surface area contributed by atoms with Crippen molar-refractivity contribution < 1.29 is 20.1 Å². The van der Waals surface area contributed by atoms with E-state index >= 15 is 0 Å². The van der Waals surface area contributed by atoms with Gasteiger partial charge in [0.1, 0.15) is 6.10 Å². The second-order valence-electron chi connectivity index (χ2n) is 9.74. The van der Waals surface area contributed by atoms with Crippen molar-refractivity contribution in [1.82, 2.24) is 0 Å². The van der Waals surface area contributed by atoms with Crippen LogP contribution in [0.5, 0.6) is 0 Å². The lowest BCUT2D eigenvalue weighted by molar-refractivity contribution is -0.105. The molecule has 1 aliphatic heterocycles. The standard InChI is InChI=1S/C17H38O4Si2/c1-16(2,3)22(7,8)19-12-14-13(11-15(18)20-14)21-23(9,10)17(4,5)6/h13-15,18H,11-12H2,1-10H3/t13-,14+,15?/m0/s1/i15D. The van der Waals surface area contributed by atoms with Crippen molar-refractivity contribution in [2.45, 2.75) is 103 Å². The van der Waals surface area contributed by atoms with Gasteiger partial charge < -0.3 is 18.7 Å². The van der Waals surface area contributed by atoms with Crippen LogP contribution in [0.2, 0.25) is 36.3 Å². The van der Waals surface area contributed by atoms with Gasteiger partial charge in [-0.25, -0.2) is 0 Å². The summed E-state index contributed by atoms with van der Waals surface area (Å²) in [4.78, 5) is 0. The number of hydrogen-bond donors (Lipinski definition) is 1. The zero-order valence-corrected chi connectivity index (χ0v) is 18.7. The normalized spacial score (nSPS) is 31.3. The molecule has 0 aliphatic carbocycles. The van der Waals surface area contributed by atoms with Gasteiger partial charge >= 0.3 is 0 Å². The Morgan fingerprint density at radius 2 is 1.52 bits per heavy atom. The fourth-order valence-corrected chi connectivity index (χ4v) is 4.28. The van der Waals surface area contributed by atoms with E-state index in [1.165, 1.54) is 0 Å². The molecular weight excluding hydrogens is 324 g/mol. The van der Waals surface area contributed by atoms with Crippen molar-refractivity contribution in [3.8, 4) is 0 Å². The highest BCUT2D eigenvalue weighted by Gasteiger charge is 2.45. The molecule has 0 aromatic rings. The largest absolute Gasteiger partial charge is 0.414 e. The van der Waals surface area contributed by atoms with Crippen LogP contribution in [0.15, 0.2) is 0 Å². The minimum Gasteiger partial charge on any atom is -0.414 e. The van der Waals surface area contributed by atoms with E-state index in [-0.39, 0.29) is 22.6 Å². The highest BCUT2D eigenvalue weighted by Crippen LogP contribution is 2.40. The highest BCUT2D eigenvalue weighted by molar-refractivity contribution is 6.74.